The number of carbonyl (C=O) groups excluding carboxylic acids is 1. The van der Waals surface area contributed by atoms with Gasteiger partial charge in [-0.05, 0) is 49.6 Å². The lowest BCUT2D eigenvalue weighted by molar-refractivity contribution is -0.128. The van der Waals surface area contributed by atoms with Gasteiger partial charge in [-0.25, -0.2) is 0 Å². The van der Waals surface area contributed by atoms with Crippen LogP contribution in [0.1, 0.15) is 37.4 Å². The summed E-state index contributed by atoms with van der Waals surface area (Å²) < 4.78 is 16.5. The molecule has 0 aromatic heterocycles. The van der Waals surface area contributed by atoms with Crippen LogP contribution in [0.5, 0.6) is 17.2 Å². The first-order valence-electron chi connectivity index (χ1n) is 8.74. The first-order chi connectivity index (χ1) is 12.5. The Kier molecular flexibility index (Phi) is 6.89. The van der Waals surface area contributed by atoms with Crippen molar-refractivity contribution < 1.29 is 19.0 Å². The van der Waals surface area contributed by atoms with Crippen molar-refractivity contribution in [1.29, 1.82) is 0 Å². The van der Waals surface area contributed by atoms with Gasteiger partial charge in [-0.3, -0.25) is 4.79 Å². The number of nitrogens with one attached hydrogen (secondary N) is 1. The molecule has 0 aliphatic carbocycles. The van der Waals surface area contributed by atoms with Gasteiger partial charge in [-0.2, -0.15) is 0 Å². The van der Waals surface area contributed by atoms with Gasteiger partial charge in [0.2, 0.25) is 0 Å². The Bertz CT molecular complexity index is 745. The summed E-state index contributed by atoms with van der Waals surface area (Å²) in [7, 11) is 3.19. The molecule has 0 radical (unpaired) electrons. The zero-order chi connectivity index (χ0) is 19.1. The second kappa shape index (κ2) is 9.13. The number of ether oxygens (including phenoxy) is 3. The van der Waals surface area contributed by atoms with Gasteiger partial charge in [-0.15, -0.1) is 0 Å². The minimum atomic E-state index is -0.543. The van der Waals surface area contributed by atoms with Crippen molar-refractivity contribution in [3.63, 3.8) is 0 Å². The maximum atomic E-state index is 12.7. The molecule has 2 aromatic rings. The van der Waals surface area contributed by atoms with Crippen LogP contribution in [0.3, 0.4) is 0 Å². The maximum Gasteiger partial charge on any atom is 0.261 e. The van der Waals surface area contributed by atoms with Crippen molar-refractivity contribution in [2.45, 2.75) is 39.3 Å². The number of hydrogen-bond donors (Lipinski definition) is 1. The van der Waals surface area contributed by atoms with E-state index in [9.17, 15) is 4.79 Å². The van der Waals surface area contributed by atoms with Crippen LogP contribution in [0.25, 0.3) is 0 Å². The van der Waals surface area contributed by atoms with E-state index in [1.807, 2.05) is 63.2 Å². The normalized spacial score (nSPS) is 12.8. The molecule has 2 atom stereocenters. The zero-order valence-electron chi connectivity index (χ0n) is 16.0. The lowest BCUT2D eigenvalue weighted by Gasteiger charge is -2.22. The van der Waals surface area contributed by atoms with E-state index in [1.165, 1.54) is 0 Å². The third kappa shape index (κ3) is 4.69. The molecule has 0 aliphatic heterocycles. The molecule has 0 bridgehead atoms. The zero-order valence-corrected chi connectivity index (χ0v) is 16.0. The van der Waals surface area contributed by atoms with E-state index in [-0.39, 0.29) is 11.9 Å². The molecule has 2 aromatic carbocycles. The van der Waals surface area contributed by atoms with Gasteiger partial charge in [-0.1, -0.05) is 31.2 Å². The highest BCUT2D eigenvalue weighted by Crippen LogP contribution is 2.30. The SMILES string of the molecule is CC[C@@H](Oc1ccccc1C)C(=O)N[C@H](C)c1ccc(OC)c(OC)c1. The van der Waals surface area contributed by atoms with Crippen LogP contribution in [0.4, 0.5) is 0 Å². The lowest BCUT2D eigenvalue weighted by Crippen LogP contribution is -2.39. The van der Waals surface area contributed by atoms with E-state index < -0.39 is 6.10 Å². The summed E-state index contributed by atoms with van der Waals surface area (Å²) in [5.41, 5.74) is 1.94. The standard InChI is InChI=1S/C21H27NO4/c1-6-17(26-18-10-8-7-9-14(18)2)21(23)22-15(3)16-11-12-19(24-4)20(13-16)25-5/h7-13,15,17H,6H2,1-5H3,(H,22,23)/t15-,17-/m1/s1. The van der Waals surface area contributed by atoms with Gasteiger partial charge in [0.05, 0.1) is 20.3 Å². The second-order valence-electron chi connectivity index (χ2n) is 6.12. The number of rotatable bonds is 8. The smallest absolute Gasteiger partial charge is 0.261 e. The number of amides is 1. The summed E-state index contributed by atoms with van der Waals surface area (Å²) in [6, 6.07) is 13.1. The number of methoxy groups -OCH3 is 2. The van der Waals surface area contributed by atoms with Crippen LogP contribution in [0.15, 0.2) is 42.5 Å². The highest BCUT2D eigenvalue weighted by Gasteiger charge is 2.21. The van der Waals surface area contributed by atoms with E-state index in [0.717, 1.165) is 16.9 Å². The minimum absolute atomic E-state index is 0.141. The predicted octanol–water partition coefficient (Wildman–Crippen LogP) is 4.05. The fraction of sp³-hybridized carbons (Fsp3) is 0.381. The van der Waals surface area contributed by atoms with Crippen LogP contribution < -0.4 is 19.5 Å². The van der Waals surface area contributed by atoms with Crippen LogP contribution in [-0.2, 0) is 4.79 Å². The molecule has 2 rings (SSSR count). The van der Waals surface area contributed by atoms with Gasteiger partial charge in [0.1, 0.15) is 5.75 Å². The Morgan fingerprint density at radius 2 is 1.73 bits per heavy atom. The van der Waals surface area contributed by atoms with Gasteiger partial charge in [0.15, 0.2) is 17.6 Å². The molecule has 1 N–H and O–H groups in total. The van der Waals surface area contributed by atoms with E-state index in [1.54, 1.807) is 14.2 Å². The molecule has 0 fully saturated rings. The molecule has 0 aliphatic rings. The Labute approximate surface area is 155 Å². The first kappa shape index (κ1) is 19.6. The van der Waals surface area contributed by atoms with Crippen molar-refractivity contribution in [3.8, 4) is 17.2 Å². The summed E-state index contributed by atoms with van der Waals surface area (Å²) in [6.45, 7) is 5.83. The van der Waals surface area contributed by atoms with Crippen LogP contribution >= 0.6 is 0 Å². The quantitative estimate of drug-likeness (QED) is 0.774. The Morgan fingerprint density at radius 3 is 2.35 bits per heavy atom. The van der Waals surface area contributed by atoms with E-state index >= 15 is 0 Å². The van der Waals surface area contributed by atoms with Gasteiger partial charge < -0.3 is 19.5 Å². The first-order valence-corrected chi connectivity index (χ1v) is 8.74. The Hall–Kier alpha value is -2.69. The molecule has 5 heteroatoms. The second-order valence-corrected chi connectivity index (χ2v) is 6.12. The Morgan fingerprint density at radius 1 is 1.04 bits per heavy atom. The summed E-state index contributed by atoms with van der Waals surface area (Å²) in [6.07, 6.45) is 0.0393. The van der Waals surface area contributed by atoms with E-state index in [2.05, 4.69) is 5.32 Å². The number of benzene rings is 2. The highest BCUT2D eigenvalue weighted by molar-refractivity contribution is 5.81. The van der Waals surface area contributed by atoms with Crippen LogP contribution in [0.2, 0.25) is 0 Å². The fourth-order valence-corrected chi connectivity index (χ4v) is 2.68. The maximum absolute atomic E-state index is 12.7. The van der Waals surface area contributed by atoms with Gasteiger partial charge in [0, 0.05) is 0 Å². The topological polar surface area (TPSA) is 56.8 Å². The minimum Gasteiger partial charge on any atom is -0.493 e. The molecular weight excluding hydrogens is 330 g/mol. The summed E-state index contributed by atoms with van der Waals surface area (Å²) in [5, 5.41) is 3.02. The summed E-state index contributed by atoms with van der Waals surface area (Å²) in [5.74, 6) is 1.88. The van der Waals surface area contributed by atoms with Crippen molar-refractivity contribution in [1.82, 2.24) is 5.32 Å². The molecular formula is C21H27NO4. The van der Waals surface area contributed by atoms with E-state index in [0.29, 0.717) is 17.9 Å². The lowest BCUT2D eigenvalue weighted by atomic mass is 10.1. The number of carbonyl (C=O) groups is 1. The van der Waals surface area contributed by atoms with Crippen molar-refractivity contribution in [3.05, 3.63) is 53.6 Å². The third-order valence-corrected chi connectivity index (χ3v) is 4.29. The van der Waals surface area contributed by atoms with Crippen molar-refractivity contribution in [2.75, 3.05) is 14.2 Å². The number of aryl methyl sites for hydroxylation is 1. The predicted molar refractivity (Wildman–Crippen MR) is 102 cm³/mol. The average Bonchev–Trinajstić information content (AvgIpc) is 2.66. The molecule has 0 heterocycles. The van der Waals surface area contributed by atoms with E-state index in [4.69, 9.17) is 14.2 Å². The number of hydrogen-bond acceptors (Lipinski definition) is 4. The molecule has 0 saturated carbocycles. The molecule has 5 nitrogen and oxygen atoms in total. The molecule has 0 saturated heterocycles. The molecule has 0 spiro atoms. The largest absolute Gasteiger partial charge is 0.493 e. The molecule has 140 valence electrons. The number of para-hydroxylation sites is 1. The van der Waals surface area contributed by atoms with Crippen LogP contribution in [0, 0.1) is 6.92 Å². The molecule has 0 unspecified atom stereocenters. The molecule has 26 heavy (non-hydrogen) atoms. The highest BCUT2D eigenvalue weighted by atomic mass is 16.5. The van der Waals surface area contributed by atoms with Crippen LogP contribution in [-0.4, -0.2) is 26.2 Å². The monoisotopic (exact) mass is 357 g/mol. The fourth-order valence-electron chi connectivity index (χ4n) is 2.68. The van der Waals surface area contributed by atoms with Crippen molar-refractivity contribution >= 4 is 5.91 Å². The van der Waals surface area contributed by atoms with Gasteiger partial charge in [0.25, 0.3) is 5.91 Å². The summed E-state index contributed by atoms with van der Waals surface area (Å²) >= 11 is 0. The van der Waals surface area contributed by atoms with Crippen molar-refractivity contribution in [2.24, 2.45) is 0 Å². The average molecular weight is 357 g/mol. The molecule has 1 amide bonds. The van der Waals surface area contributed by atoms with Gasteiger partial charge >= 0.3 is 0 Å². The Balaban J connectivity index is 2.08. The third-order valence-electron chi connectivity index (χ3n) is 4.29. The summed E-state index contributed by atoms with van der Waals surface area (Å²) in [4.78, 5) is 12.7.